The van der Waals surface area contributed by atoms with Gasteiger partial charge in [-0.05, 0) is 19.2 Å². The molecule has 0 aliphatic carbocycles. The Morgan fingerprint density at radius 1 is 1.19 bits per heavy atom. The van der Waals surface area contributed by atoms with Gasteiger partial charge in [0.2, 0.25) is 5.88 Å². The SMILES string of the molecule is CC(c1ccnn1C)C(CN1CCN(C)CC1)Oc1ccc(C#N)cn1. The molecule has 0 saturated carbocycles. The van der Waals surface area contributed by atoms with E-state index in [9.17, 15) is 0 Å². The van der Waals surface area contributed by atoms with Gasteiger partial charge in [0.15, 0.2) is 0 Å². The number of aromatic nitrogens is 3. The number of pyridine rings is 1. The quantitative estimate of drug-likeness (QED) is 0.783. The molecule has 138 valence electrons. The molecule has 26 heavy (non-hydrogen) atoms. The molecule has 2 aromatic rings. The van der Waals surface area contributed by atoms with Gasteiger partial charge in [0.25, 0.3) is 0 Å². The Labute approximate surface area is 154 Å². The first-order valence-electron chi connectivity index (χ1n) is 8.98. The average molecular weight is 354 g/mol. The highest BCUT2D eigenvalue weighted by Crippen LogP contribution is 2.24. The van der Waals surface area contributed by atoms with Crippen LogP contribution in [-0.2, 0) is 7.05 Å². The molecular formula is C19H26N6O. The summed E-state index contributed by atoms with van der Waals surface area (Å²) in [5, 5.41) is 13.2. The summed E-state index contributed by atoms with van der Waals surface area (Å²) < 4.78 is 8.17. The maximum absolute atomic E-state index is 8.94. The minimum absolute atomic E-state index is 0.0470. The van der Waals surface area contributed by atoms with Crippen LogP contribution in [0.25, 0.3) is 0 Å². The molecule has 0 amide bonds. The van der Waals surface area contributed by atoms with Gasteiger partial charge in [-0.25, -0.2) is 4.98 Å². The molecule has 7 heteroatoms. The lowest BCUT2D eigenvalue weighted by atomic mass is 9.99. The van der Waals surface area contributed by atoms with Crippen LogP contribution in [0.5, 0.6) is 5.88 Å². The van der Waals surface area contributed by atoms with E-state index in [0.717, 1.165) is 38.4 Å². The molecule has 0 N–H and O–H groups in total. The number of piperazine rings is 1. The fraction of sp³-hybridized carbons (Fsp3) is 0.526. The molecule has 2 atom stereocenters. The summed E-state index contributed by atoms with van der Waals surface area (Å²) in [6.45, 7) is 7.22. The number of rotatable bonds is 6. The smallest absolute Gasteiger partial charge is 0.213 e. The molecule has 1 aliphatic rings. The highest BCUT2D eigenvalue weighted by molar-refractivity contribution is 5.28. The highest BCUT2D eigenvalue weighted by atomic mass is 16.5. The minimum Gasteiger partial charge on any atom is -0.472 e. The van der Waals surface area contributed by atoms with Crippen molar-refractivity contribution in [2.24, 2.45) is 7.05 Å². The number of likely N-dealkylation sites (N-methyl/N-ethyl adjacent to an activating group) is 1. The van der Waals surface area contributed by atoms with Crippen LogP contribution in [0, 0.1) is 11.3 Å². The van der Waals surface area contributed by atoms with Crippen LogP contribution in [0.2, 0.25) is 0 Å². The number of nitrogens with zero attached hydrogens (tertiary/aromatic N) is 6. The van der Waals surface area contributed by atoms with Crippen molar-refractivity contribution in [1.82, 2.24) is 24.6 Å². The predicted octanol–water partition coefficient (Wildman–Crippen LogP) is 1.49. The van der Waals surface area contributed by atoms with Gasteiger partial charge in [-0.2, -0.15) is 10.4 Å². The summed E-state index contributed by atoms with van der Waals surface area (Å²) in [7, 11) is 4.11. The Morgan fingerprint density at radius 2 is 1.96 bits per heavy atom. The second kappa shape index (κ2) is 8.30. The number of aryl methyl sites for hydroxylation is 1. The summed E-state index contributed by atoms with van der Waals surface area (Å²) in [5.41, 5.74) is 1.67. The molecule has 1 fully saturated rings. The number of ether oxygens (including phenoxy) is 1. The van der Waals surface area contributed by atoms with Gasteiger partial charge in [0, 0.05) is 69.8 Å². The lowest BCUT2D eigenvalue weighted by Crippen LogP contribution is -2.49. The molecule has 0 spiro atoms. The van der Waals surface area contributed by atoms with Crippen LogP contribution >= 0.6 is 0 Å². The zero-order valence-electron chi connectivity index (χ0n) is 15.7. The van der Waals surface area contributed by atoms with Crippen molar-refractivity contribution < 1.29 is 4.74 Å². The minimum atomic E-state index is -0.0470. The van der Waals surface area contributed by atoms with E-state index in [0.29, 0.717) is 11.4 Å². The molecule has 2 unspecified atom stereocenters. The van der Waals surface area contributed by atoms with E-state index in [1.54, 1.807) is 18.3 Å². The van der Waals surface area contributed by atoms with Gasteiger partial charge < -0.3 is 9.64 Å². The summed E-state index contributed by atoms with van der Waals surface area (Å²) in [5.74, 6) is 0.719. The van der Waals surface area contributed by atoms with E-state index in [1.165, 1.54) is 0 Å². The first-order valence-corrected chi connectivity index (χ1v) is 8.98. The predicted molar refractivity (Wildman–Crippen MR) is 98.9 cm³/mol. The molecule has 1 saturated heterocycles. The van der Waals surface area contributed by atoms with Crippen LogP contribution in [-0.4, -0.2) is 70.4 Å². The van der Waals surface area contributed by atoms with Crippen molar-refractivity contribution >= 4 is 0 Å². The van der Waals surface area contributed by atoms with Gasteiger partial charge in [0.1, 0.15) is 12.2 Å². The van der Waals surface area contributed by atoms with Gasteiger partial charge in [0.05, 0.1) is 5.56 Å². The molecule has 1 aliphatic heterocycles. The highest BCUT2D eigenvalue weighted by Gasteiger charge is 2.27. The van der Waals surface area contributed by atoms with Gasteiger partial charge in [-0.3, -0.25) is 9.58 Å². The Kier molecular flexibility index (Phi) is 5.86. The molecule has 2 aromatic heterocycles. The summed E-state index contributed by atoms with van der Waals surface area (Å²) in [6, 6.07) is 7.64. The zero-order valence-corrected chi connectivity index (χ0v) is 15.7. The second-order valence-electron chi connectivity index (χ2n) is 6.93. The standard InChI is InChI=1S/C19H26N6O/c1-15(17-6-7-22-24(17)3)18(14-25-10-8-23(2)9-11-25)26-19-5-4-16(12-20)13-21-19/h4-7,13,15,18H,8-11,14H2,1-3H3. The third-order valence-corrected chi connectivity index (χ3v) is 5.05. The van der Waals surface area contributed by atoms with Crippen LogP contribution in [0.4, 0.5) is 0 Å². The fourth-order valence-corrected chi connectivity index (χ4v) is 3.27. The van der Waals surface area contributed by atoms with E-state index in [-0.39, 0.29) is 12.0 Å². The van der Waals surface area contributed by atoms with Gasteiger partial charge in [-0.1, -0.05) is 6.92 Å². The normalized spacial score (nSPS) is 18.2. The van der Waals surface area contributed by atoms with Crippen LogP contribution in [0.1, 0.15) is 24.1 Å². The van der Waals surface area contributed by atoms with Crippen molar-refractivity contribution in [2.45, 2.75) is 18.9 Å². The van der Waals surface area contributed by atoms with Crippen molar-refractivity contribution in [1.29, 1.82) is 5.26 Å². The molecule has 0 aromatic carbocycles. The van der Waals surface area contributed by atoms with E-state index in [4.69, 9.17) is 10.00 Å². The summed E-state index contributed by atoms with van der Waals surface area (Å²) >= 11 is 0. The van der Waals surface area contributed by atoms with Gasteiger partial charge >= 0.3 is 0 Å². The topological polar surface area (TPSA) is 70.2 Å². The largest absolute Gasteiger partial charge is 0.472 e. The first-order chi connectivity index (χ1) is 12.6. The Bertz CT molecular complexity index is 742. The fourth-order valence-electron chi connectivity index (χ4n) is 3.27. The molecular weight excluding hydrogens is 328 g/mol. The number of hydrogen-bond acceptors (Lipinski definition) is 6. The third-order valence-electron chi connectivity index (χ3n) is 5.05. The molecule has 0 bridgehead atoms. The van der Waals surface area contributed by atoms with Crippen molar-refractivity contribution in [3.63, 3.8) is 0 Å². The van der Waals surface area contributed by atoms with E-state index >= 15 is 0 Å². The van der Waals surface area contributed by atoms with Crippen molar-refractivity contribution in [3.05, 3.63) is 41.9 Å². The number of hydrogen-bond donors (Lipinski definition) is 0. The van der Waals surface area contributed by atoms with Crippen LogP contribution in [0.3, 0.4) is 0 Å². The summed E-state index contributed by atoms with van der Waals surface area (Å²) in [4.78, 5) is 9.08. The molecule has 3 heterocycles. The molecule has 3 rings (SSSR count). The van der Waals surface area contributed by atoms with Crippen molar-refractivity contribution in [2.75, 3.05) is 39.8 Å². The van der Waals surface area contributed by atoms with E-state index in [2.05, 4.69) is 39.9 Å². The zero-order chi connectivity index (χ0) is 18.5. The second-order valence-corrected chi connectivity index (χ2v) is 6.93. The molecule has 7 nitrogen and oxygen atoms in total. The van der Waals surface area contributed by atoms with E-state index < -0.39 is 0 Å². The lowest BCUT2D eigenvalue weighted by molar-refractivity contribution is 0.0781. The summed E-state index contributed by atoms with van der Waals surface area (Å²) in [6.07, 6.45) is 3.32. The Balaban J connectivity index is 1.76. The maximum Gasteiger partial charge on any atom is 0.213 e. The lowest BCUT2D eigenvalue weighted by Gasteiger charge is -2.36. The van der Waals surface area contributed by atoms with Crippen molar-refractivity contribution in [3.8, 4) is 11.9 Å². The van der Waals surface area contributed by atoms with Gasteiger partial charge in [-0.15, -0.1) is 0 Å². The third kappa shape index (κ3) is 4.40. The Hall–Kier alpha value is -2.43. The maximum atomic E-state index is 8.94. The Morgan fingerprint density at radius 3 is 2.54 bits per heavy atom. The van der Waals surface area contributed by atoms with Crippen LogP contribution < -0.4 is 4.74 Å². The first kappa shape index (κ1) is 18.4. The number of nitriles is 1. The van der Waals surface area contributed by atoms with E-state index in [1.807, 2.05) is 24.0 Å². The monoisotopic (exact) mass is 354 g/mol. The average Bonchev–Trinajstić information content (AvgIpc) is 3.09. The molecule has 0 radical (unpaired) electrons. The van der Waals surface area contributed by atoms with Crippen LogP contribution in [0.15, 0.2) is 30.6 Å².